The average Bonchev–Trinajstić information content (AvgIpc) is 3.06. The smallest absolute Gasteiger partial charge is 0.231 e. The lowest BCUT2D eigenvalue weighted by Crippen LogP contribution is -2.43. The van der Waals surface area contributed by atoms with Crippen LogP contribution in [0.4, 0.5) is 0 Å². The first-order valence-electron chi connectivity index (χ1n) is 8.44. The predicted molar refractivity (Wildman–Crippen MR) is 105 cm³/mol. The molecule has 1 aliphatic carbocycles. The normalized spacial score (nSPS) is 17.3. The van der Waals surface area contributed by atoms with Gasteiger partial charge in [0.1, 0.15) is 0 Å². The largest absolute Gasteiger partial charge is 0.349 e. The molecule has 0 saturated heterocycles. The summed E-state index contributed by atoms with van der Waals surface area (Å²) >= 11 is 18.3. The summed E-state index contributed by atoms with van der Waals surface area (Å²) in [4.78, 5) is 13.2. The van der Waals surface area contributed by atoms with Crippen molar-refractivity contribution in [1.29, 1.82) is 0 Å². The molecule has 0 unspecified atom stereocenters. The van der Waals surface area contributed by atoms with Crippen LogP contribution >= 0.6 is 34.8 Å². The lowest BCUT2D eigenvalue weighted by Gasteiger charge is -2.30. The monoisotopic (exact) mass is 395 g/mol. The standard InChI is InChI=1S/C20H20Cl3NO/c1-13(17-9-8-16(22)12-18(17)23)24-19(25)20(10-2-3-11-20)14-4-6-15(21)7-5-14/h4-9,12-13H,2-3,10-11H2,1H3,(H,24,25)/t13-/m0/s1. The second-order valence-electron chi connectivity index (χ2n) is 6.66. The maximum Gasteiger partial charge on any atom is 0.231 e. The second-order valence-corrected chi connectivity index (χ2v) is 7.94. The molecular formula is C20H20Cl3NO. The fourth-order valence-corrected chi connectivity index (χ4v) is 4.36. The van der Waals surface area contributed by atoms with Crippen molar-refractivity contribution in [2.45, 2.75) is 44.1 Å². The zero-order valence-electron chi connectivity index (χ0n) is 14.0. The highest BCUT2D eigenvalue weighted by Gasteiger charge is 2.43. The molecule has 0 aliphatic heterocycles. The molecule has 0 heterocycles. The summed E-state index contributed by atoms with van der Waals surface area (Å²) in [5.41, 5.74) is 1.41. The average molecular weight is 397 g/mol. The Balaban J connectivity index is 1.85. The van der Waals surface area contributed by atoms with Gasteiger partial charge in [0.2, 0.25) is 5.91 Å². The van der Waals surface area contributed by atoms with Gasteiger partial charge >= 0.3 is 0 Å². The molecule has 1 fully saturated rings. The number of carbonyl (C=O) groups excluding carboxylic acids is 1. The molecule has 0 aromatic heterocycles. The first-order chi connectivity index (χ1) is 11.9. The van der Waals surface area contributed by atoms with Crippen LogP contribution in [0.15, 0.2) is 42.5 Å². The van der Waals surface area contributed by atoms with E-state index >= 15 is 0 Å². The third-order valence-corrected chi connectivity index (χ3v) is 5.88. The molecule has 25 heavy (non-hydrogen) atoms. The van der Waals surface area contributed by atoms with E-state index in [1.54, 1.807) is 12.1 Å². The number of halogens is 3. The third-order valence-electron chi connectivity index (χ3n) is 5.07. The minimum atomic E-state index is -0.488. The van der Waals surface area contributed by atoms with Crippen molar-refractivity contribution in [3.8, 4) is 0 Å². The molecule has 1 atom stereocenters. The quantitative estimate of drug-likeness (QED) is 0.642. The van der Waals surface area contributed by atoms with E-state index in [9.17, 15) is 4.79 Å². The van der Waals surface area contributed by atoms with Gasteiger partial charge < -0.3 is 5.32 Å². The van der Waals surface area contributed by atoms with Crippen LogP contribution in [0.1, 0.15) is 49.8 Å². The molecule has 132 valence electrons. The zero-order chi connectivity index (χ0) is 18.0. The number of amides is 1. The fraction of sp³-hybridized carbons (Fsp3) is 0.350. The minimum Gasteiger partial charge on any atom is -0.349 e. The third kappa shape index (κ3) is 3.81. The SMILES string of the molecule is C[C@H](NC(=O)C1(c2ccc(Cl)cc2)CCCC1)c1ccc(Cl)cc1Cl. The Bertz CT molecular complexity index is 767. The van der Waals surface area contributed by atoms with Crippen LogP contribution in [0, 0.1) is 0 Å². The molecule has 1 saturated carbocycles. The Morgan fingerprint density at radius 2 is 1.60 bits per heavy atom. The summed E-state index contributed by atoms with van der Waals surface area (Å²) in [5, 5.41) is 4.98. The summed E-state index contributed by atoms with van der Waals surface area (Å²) in [6.07, 6.45) is 3.79. The van der Waals surface area contributed by atoms with Gasteiger partial charge in [-0.25, -0.2) is 0 Å². The molecule has 0 spiro atoms. The van der Waals surface area contributed by atoms with E-state index in [1.165, 1.54) is 0 Å². The number of hydrogen-bond acceptors (Lipinski definition) is 1. The molecule has 1 amide bonds. The Hall–Kier alpha value is -1.22. The number of rotatable bonds is 4. The predicted octanol–water partition coefficient (Wildman–Crippen LogP) is 6.34. The Labute approximate surface area is 163 Å². The summed E-state index contributed by atoms with van der Waals surface area (Å²) in [5.74, 6) is 0.0471. The van der Waals surface area contributed by atoms with Crippen LogP contribution in [0.5, 0.6) is 0 Å². The molecular weight excluding hydrogens is 377 g/mol. The summed E-state index contributed by atoms with van der Waals surface area (Å²) < 4.78 is 0. The first-order valence-corrected chi connectivity index (χ1v) is 9.58. The van der Waals surface area contributed by atoms with Crippen molar-refractivity contribution in [2.75, 3.05) is 0 Å². The van der Waals surface area contributed by atoms with Crippen LogP contribution in [-0.4, -0.2) is 5.91 Å². The summed E-state index contributed by atoms with van der Waals surface area (Å²) in [7, 11) is 0. The van der Waals surface area contributed by atoms with E-state index in [2.05, 4.69) is 5.32 Å². The highest BCUT2D eigenvalue weighted by Crippen LogP contribution is 2.42. The Morgan fingerprint density at radius 3 is 2.20 bits per heavy atom. The Morgan fingerprint density at radius 1 is 1.00 bits per heavy atom. The van der Waals surface area contributed by atoms with Crippen LogP contribution < -0.4 is 5.32 Å². The van der Waals surface area contributed by atoms with Crippen molar-refractivity contribution >= 4 is 40.7 Å². The zero-order valence-corrected chi connectivity index (χ0v) is 16.3. The van der Waals surface area contributed by atoms with Gasteiger partial charge in [-0.3, -0.25) is 4.79 Å². The van der Waals surface area contributed by atoms with E-state index < -0.39 is 5.41 Å². The summed E-state index contributed by atoms with van der Waals surface area (Å²) in [6.45, 7) is 1.94. The van der Waals surface area contributed by atoms with Crippen LogP contribution in [0.3, 0.4) is 0 Å². The maximum absolute atomic E-state index is 13.2. The van der Waals surface area contributed by atoms with Gasteiger partial charge in [-0.1, -0.05) is 65.8 Å². The van der Waals surface area contributed by atoms with Crippen molar-refractivity contribution in [3.05, 3.63) is 68.7 Å². The van der Waals surface area contributed by atoms with Gasteiger partial charge in [0, 0.05) is 15.1 Å². The van der Waals surface area contributed by atoms with Crippen LogP contribution in [-0.2, 0) is 10.2 Å². The topological polar surface area (TPSA) is 29.1 Å². The molecule has 0 bridgehead atoms. The number of carbonyl (C=O) groups is 1. The van der Waals surface area contributed by atoms with Crippen molar-refractivity contribution in [1.82, 2.24) is 5.32 Å². The molecule has 1 N–H and O–H groups in total. The van der Waals surface area contributed by atoms with E-state index in [4.69, 9.17) is 34.8 Å². The highest BCUT2D eigenvalue weighted by molar-refractivity contribution is 6.35. The van der Waals surface area contributed by atoms with Gasteiger partial charge in [0.15, 0.2) is 0 Å². The van der Waals surface area contributed by atoms with Gasteiger partial charge in [0.25, 0.3) is 0 Å². The minimum absolute atomic E-state index is 0.0471. The maximum atomic E-state index is 13.2. The van der Waals surface area contributed by atoms with E-state index in [0.717, 1.165) is 36.8 Å². The van der Waals surface area contributed by atoms with E-state index in [0.29, 0.717) is 15.1 Å². The number of benzene rings is 2. The van der Waals surface area contributed by atoms with Gasteiger partial charge in [-0.05, 0) is 55.2 Å². The molecule has 2 aromatic carbocycles. The lowest BCUT2D eigenvalue weighted by atomic mass is 9.77. The van der Waals surface area contributed by atoms with Crippen LogP contribution in [0.25, 0.3) is 0 Å². The van der Waals surface area contributed by atoms with Crippen LogP contribution in [0.2, 0.25) is 15.1 Å². The molecule has 2 aromatic rings. The van der Waals surface area contributed by atoms with E-state index in [-0.39, 0.29) is 11.9 Å². The first kappa shape index (κ1) is 18.6. The lowest BCUT2D eigenvalue weighted by molar-refractivity contribution is -0.127. The van der Waals surface area contributed by atoms with Gasteiger partial charge in [0.05, 0.1) is 11.5 Å². The van der Waals surface area contributed by atoms with Crippen molar-refractivity contribution in [2.24, 2.45) is 0 Å². The Kier molecular flexibility index (Phi) is 5.62. The number of hydrogen-bond donors (Lipinski definition) is 1. The highest BCUT2D eigenvalue weighted by atomic mass is 35.5. The summed E-state index contributed by atoms with van der Waals surface area (Å²) in [6, 6.07) is 12.8. The molecule has 0 radical (unpaired) electrons. The molecule has 3 rings (SSSR count). The number of nitrogens with one attached hydrogen (secondary N) is 1. The molecule has 2 nitrogen and oxygen atoms in total. The van der Waals surface area contributed by atoms with Gasteiger partial charge in [-0.2, -0.15) is 0 Å². The fourth-order valence-electron chi connectivity index (χ4n) is 3.66. The second kappa shape index (κ2) is 7.57. The van der Waals surface area contributed by atoms with Crippen molar-refractivity contribution in [3.63, 3.8) is 0 Å². The molecule has 1 aliphatic rings. The van der Waals surface area contributed by atoms with E-state index in [1.807, 2.05) is 37.3 Å². The van der Waals surface area contributed by atoms with Gasteiger partial charge in [-0.15, -0.1) is 0 Å². The van der Waals surface area contributed by atoms with Crippen molar-refractivity contribution < 1.29 is 4.79 Å². The molecule has 5 heteroatoms.